The van der Waals surface area contributed by atoms with Crippen molar-refractivity contribution in [2.24, 2.45) is 0 Å². The average Bonchev–Trinajstić information content (AvgIpc) is 2.34. The number of aliphatic hydroxyl groups is 1. The van der Waals surface area contributed by atoms with Gasteiger partial charge in [0.2, 0.25) is 0 Å². The van der Waals surface area contributed by atoms with Gasteiger partial charge in [0.1, 0.15) is 11.5 Å². The first-order valence-corrected chi connectivity index (χ1v) is 5.26. The highest BCUT2D eigenvalue weighted by atomic mass is 16.7. The van der Waals surface area contributed by atoms with E-state index in [0.29, 0.717) is 11.4 Å². The van der Waals surface area contributed by atoms with Crippen molar-refractivity contribution in [1.29, 1.82) is 0 Å². The summed E-state index contributed by atoms with van der Waals surface area (Å²) >= 11 is 0. The van der Waals surface area contributed by atoms with Gasteiger partial charge >= 0.3 is 0 Å². The molecule has 1 aliphatic rings. The topological polar surface area (TPSA) is 61.7 Å². The van der Waals surface area contributed by atoms with E-state index in [1.807, 2.05) is 20.8 Å². The lowest BCUT2D eigenvalue weighted by molar-refractivity contribution is -0.0833. The number of nitrogens with one attached hydrogen (secondary N) is 1. The van der Waals surface area contributed by atoms with Crippen LogP contribution in [0.4, 0.5) is 5.69 Å². The molecule has 0 saturated carbocycles. The van der Waals surface area contributed by atoms with Crippen LogP contribution in [0.2, 0.25) is 0 Å². The Kier molecular flexibility index (Phi) is 2.11. The van der Waals surface area contributed by atoms with Gasteiger partial charge < -0.3 is 20.3 Å². The quantitative estimate of drug-likeness (QED) is 0.630. The first-order chi connectivity index (χ1) is 7.19. The Bertz CT molecular complexity index is 433. The van der Waals surface area contributed by atoms with Crippen molar-refractivity contribution in [2.75, 3.05) is 5.32 Å². The maximum Gasteiger partial charge on any atom is 0.287 e. The Labute approximate surface area is 94.9 Å². The van der Waals surface area contributed by atoms with Crippen LogP contribution < -0.4 is 10.1 Å². The third-order valence-electron chi connectivity index (χ3n) is 2.58. The van der Waals surface area contributed by atoms with E-state index in [9.17, 15) is 10.2 Å². The largest absolute Gasteiger partial charge is 0.508 e. The highest BCUT2D eigenvalue weighted by Crippen LogP contribution is 2.43. The molecule has 1 heterocycles. The molecule has 1 unspecified atom stereocenters. The van der Waals surface area contributed by atoms with Gasteiger partial charge in [-0.2, -0.15) is 0 Å². The number of rotatable bonds is 0. The lowest BCUT2D eigenvalue weighted by Gasteiger charge is -2.20. The molecule has 0 radical (unpaired) electrons. The number of anilines is 1. The summed E-state index contributed by atoms with van der Waals surface area (Å²) in [6.07, 6.45) is 0. The molecule has 1 aromatic carbocycles. The number of phenols is 1. The normalized spacial score (nSPS) is 23.6. The van der Waals surface area contributed by atoms with Crippen LogP contribution in [-0.2, 0) is 5.41 Å². The molecule has 3 N–H and O–H groups in total. The van der Waals surface area contributed by atoms with Crippen molar-refractivity contribution < 1.29 is 14.9 Å². The Morgan fingerprint density at radius 1 is 1.31 bits per heavy atom. The van der Waals surface area contributed by atoms with Crippen LogP contribution in [0.25, 0.3) is 0 Å². The fraction of sp³-hybridized carbons (Fsp3) is 0.500. The first-order valence-electron chi connectivity index (χ1n) is 5.26. The van der Waals surface area contributed by atoms with Crippen LogP contribution in [0, 0.1) is 0 Å². The molecule has 1 aromatic rings. The fourth-order valence-electron chi connectivity index (χ4n) is 1.84. The lowest BCUT2D eigenvalue weighted by atomic mass is 9.86. The number of hydrogen-bond donors (Lipinski definition) is 3. The molecule has 1 aliphatic heterocycles. The summed E-state index contributed by atoms with van der Waals surface area (Å²) in [5.74, 6) is -0.626. The summed E-state index contributed by atoms with van der Waals surface area (Å²) in [5.41, 5.74) is 1.23. The molecule has 0 spiro atoms. The summed E-state index contributed by atoms with van der Waals surface area (Å²) in [6, 6.07) is 3.34. The minimum absolute atomic E-state index is 0.170. The SMILES string of the molecule is CC1(O)Nc2cc(O)c(C(C)(C)C)cc2O1. The number of benzene rings is 1. The number of phenolic OH excluding ortho intramolecular Hbond substituents is 1. The molecule has 4 nitrogen and oxygen atoms in total. The summed E-state index contributed by atoms with van der Waals surface area (Å²) in [4.78, 5) is 0. The molecule has 0 bridgehead atoms. The highest BCUT2D eigenvalue weighted by Gasteiger charge is 2.33. The number of ether oxygens (including phenoxy) is 1. The van der Waals surface area contributed by atoms with Gasteiger partial charge in [0.25, 0.3) is 5.91 Å². The van der Waals surface area contributed by atoms with E-state index in [4.69, 9.17) is 4.74 Å². The van der Waals surface area contributed by atoms with Crippen molar-refractivity contribution in [1.82, 2.24) is 0 Å². The highest BCUT2D eigenvalue weighted by molar-refractivity contribution is 5.66. The summed E-state index contributed by atoms with van der Waals surface area (Å²) in [6.45, 7) is 7.54. The molecule has 0 aliphatic carbocycles. The van der Waals surface area contributed by atoms with Gasteiger partial charge in [-0.05, 0) is 11.5 Å². The molecule has 2 rings (SSSR count). The van der Waals surface area contributed by atoms with Crippen molar-refractivity contribution in [3.05, 3.63) is 17.7 Å². The van der Waals surface area contributed by atoms with Crippen LogP contribution in [0.1, 0.15) is 33.3 Å². The predicted molar refractivity (Wildman–Crippen MR) is 61.7 cm³/mol. The smallest absolute Gasteiger partial charge is 0.287 e. The van der Waals surface area contributed by atoms with Crippen LogP contribution in [-0.4, -0.2) is 16.1 Å². The van der Waals surface area contributed by atoms with Crippen molar-refractivity contribution in [3.63, 3.8) is 0 Å². The van der Waals surface area contributed by atoms with Crippen molar-refractivity contribution in [2.45, 2.75) is 39.0 Å². The molecule has 16 heavy (non-hydrogen) atoms. The summed E-state index contributed by atoms with van der Waals surface area (Å²) in [5, 5.41) is 22.4. The van der Waals surface area contributed by atoms with E-state index in [2.05, 4.69) is 5.32 Å². The van der Waals surface area contributed by atoms with Crippen molar-refractivity contribution >= 4 is 5.69 Å². The molecule has 1 atom stereocenters. The molecule has 0 fully saturated rings. The third-order valence-corrected chi connectivity index (χ3v) is 2.58. The Hall–Kier alpha value is -1.42. The van der Waals surface area contributed by atoms with E-state index >= 15 is 0 Å². The molecule has 4 heteroatoms. The van der Waals surface area contributed by atoms with E-state index in [1.165, 1.54) is 6.92 Å². The second kappa shape index (κ2) is 3.04. The fourth-order valence-corrected chi connectivity index (χ4v) is 1.84. The van der Waals surface area contributed by atoms with Crippen LogP contribution in [0.15, 0.2) is 12.1 Å². The number of aromatic hydroxyl groups is 1. The van der Waals surface area contributed by atoms with E-state index in [0.717, 1.165) is 5.56 Å². The minimum atomic E-state index is -1.40. The van der Waals surface area contributed by atoms with Gasteiger partial charge in [-0.25, -0.2) is 0 Å². The number of fused-ring (bicyclic) bond motifs is 1. The van der Waals surface area contributed by atoms with Gasteiger partial charge in [0.15, 0.2) is 0 Å². The van der Waals surface area contributed by atoms with Crippen LogP contribution in [0.5, 0.6) is 11.5 Å². The Balaban J connectivity index is 2.49. The van der Waals surface area contributed by atoms with Crippen molar-refractivity contribution in [3.8, 4) is 11.5 Å². The van der Waals surface area contributed by atoms with Crippen LogP contribution in [0.3, 0.4) is 0 Å². The second-order valence-corrected chi connectivity index (χ2v) is 5.33. The molecule has 88 valence electrons. The van der Waals surface area contributed by atoms with Gasteiger partial charge in [-0.3, -0.25) is 0 Å². The third kappa shape index (κ3) is 1.80. The Morgan fingerprint density at radius 3 is 2.50 bits per heavy atom. The van der Waals surface area contributed by atoms with Gasteiger partial charge in [-0.15, -0.1) is 0 Å². The zero-order chi connectivity index (χ0) is 12.1. The first kappa shape index (κ1) is 11.1. The summed E-state index contributed by atoms with van der Waals surface area (Å²) < 4.78 is 5.32. The molecular weight excluding hydrogens is 206 g/mol. The molecule has 0 aromatic heterocycles. The average molecular weight is 223 g/mol. The minimum Gasteiger partial charge on any atom is -0.508 e. The van der Waals surface area contributed by atoms with Gasteiger partial charge in [0, 0.05) is 18.6 Å². The van der Waals surface area contributed by atoms with E-state index in [-0.39, 0.29) is 11.2 Å². The van der Waals surface area contributed by atoms with E-state index in [1.54, 1.807) is 12.1 Å². The lowest BCUT2D eigenvalue weighted by Crippen LogP contribution is -2.35. The maximum atomic E-state index is 9.90. The standard InChI is InChI=1S/C12H17NO3/c1-11(2,3)7-5-10-8(6-9(7)14)13-12(4,15)16-10/h5-6,13-15H,1-4H3. The van der Waals surface area contributed by atoms with Crippen LogP contribution >= 0.6 is 0 Å². The maximum absolute atomic E-state index is 9.90. The monoisotopic (exact) mass is 223 g/mol. The zero-order valence-corrected chi connectivity index (χ0v) is 9.96. The predicted octanol–water partition coefficient (Wildman–Crippen LogP) is 2.16. The number of hydrogen-bond acceptors (Lipinski definition) is 4. The Morgan fingerprint density at radius 2 is 1.94 bits per heavy atom. The molecular formula is C12H17NO3. The molecule has 0 saturated heterocycles. The summed E-state index contributed by atoms with van der Waals surface area (Å²) in [7, 11) is 0. The molecule has 0 amide bonds. The van der Waals surface area contributed by atoms with Gasteiger partial charge in [-0.1, -0.05) is 20.8 Å². The van der Waals surface area contributed by atoms with E-state index < -0.39 is 5.91 Å². The van der Waals surface area contributed by atoms with Gasteiger partial charge in [0.05, 0.1) is 5.69 Å². The second-order valence-electron chi connectivity index (χ2n) is 5.33. The zero-order valence-electron chi connectivity index (χ0n) is 9.96.